The Kier molecular flexibility index (Phi) is 3.19. The summed E-state index contributed by atoms with van der Waals surface area (Å²) < 4.78 is 1.23. The number of hydrogen-bond acceptors (Lipinski definition) is 2. The van der Waals surface area contributed by atoms with Gasteiger partial charge in [0.25, 0.3) is 0 Å². The van der Waals surface area contributed by atoms with Crippen molar-refractivity contribution in [3.8, 4) is 0 Å². The Hall–Kier alpha value is -1.12. The molecule has 1 aromatic carbocycles. The van der Waals surface area contributed by atoms with Crippen LogP contribution < -0.4 is 9.78 Å². The molecule has 3 nitrogen and oxygen atoms in total. The van der Waals surface area contributed by atoms with Crippen LogP contribution in [0.3, 0.4) is 0 Å². The second kappa shape index (κ2) is 4.60. The van der Waals surface area contributed by atoms with Crippen molar-refractivity contribution in [1.29, 1.82) is 0 Å². The van der Waals surface area contributed by atoms with Crippen molar-refractivity contribution in [2.45, 2.75) is 18.9 Å². The molecule has 0 bridgehead atoms. The summed E-state index contributed by atoms with van der Waals surface area (Å²) in [7, 11) is 0. The van der Waals surface area contributed by atoms with Crippen LogP contribution in [0.25, 0.3) is 0 Å². The molecular weight excluding hydrogens is 257 g/mol. The molecule has 1 atom stereocenters. The van der Waals surface area contributed by atoms with Gasteiger partial charge in [-0.05, 0) is 0 Å². The van der Waals surface area contributed by atoms with Gasteiger partial charge in [-0.25, -0.2) is 0 Å². The van der Waals surface area contributed by atoms with Crippen LogP contribution in [0.4, 0.5) is 0 Å². The number of amides is 1. The molecule has 0 aliphatic carbocycles. The third-order valence-electron chi connectivity index (χ3n) is 2.24. The Labute approximate surface area is 94.4 Å². The topological polar surface area (TPSA) is 46.2 Å². The van der Waals surface area contributed by atoms with Gasteiger partial charge >= 0.3 is 94.1 Å². The quantitative estimate of drug-likeness (QED) is 0.773. The predicted octanol–water partition coefficient (Wildman–Crippen LogP) is -0.179. The normalized spacial score (nSPS) is 20.0. The molecule has 1 aliphatic rings. The second-order valence-corrected chi connectivity index (χ2v) is 5.65. The molecule has 15 heavy (non-hydrogen) atoms. The number of rotatable bonds is 3. The summed E-state index contributed by atoms with van der Waals surface area (Å²) in [4.78, 5) is 22.7. The van der Waals surface area contributed by atoms with Crippen LogP contribution >= 0.6 is 0 Å². The summed E-state index contributed by atoms with van der Waals surface area (Å²) in [6.07, 6.45) is 1.15. The fourth-order valence-electron chi connectivity index (χ4n) is 1.47. The van der Waals surface area contributed by atoms with Crippen LogP contribution in [0.1, 0.15) is 12.8 Å². The molecule has 1 aromatic rings. The van der Waals surface area contributed by atoms with E-state index in [0.29, 0.717) is 12.8 Å². The molecule has 1 heterocycles. The third-order valence-corrected chi connectivity index (χ3v) is 4.33. The molecule has 78 valence electrons. The first-order chi connectivity index (χ1) is 7.25. The standard InChI is InChI=1S/C11H11NO2Se/c13-10-7-6-9(12-10)11(14)15-8-4-2-1-3-5-8/h1-5,9H,6-7H2,(H,12,13)/t9-/m0/s1. The molecule has 1 fully saturated rings. The number of hydrogen-bond donors (Lipinski definition) is 1. The van der Waals surface area contributed by atoms with E-state index in [1.165, 1.54) is 0 Å². The molecule has 0 radical (unpaired) electrons. The van der Waals surface area contributed by atoms with Gasteiger partial charge in [0.05, 0.1) is 0 Å². The van der Waals surface area contributed by atoms with Gasteiger partial charge < -0.3 is 0 Å². The van der Waals surface area contributed by atoms with E-state index in [1.807, 2.05) is 30.3 Å². The zero-order valence-corrected chi connectivity index (χ0v) is 9.82. The van der Waals surface area contributed by atoms with Crippen molar-refractivity contribution in [1.82, 2.24) is 5.32 Å². The van der Waals surface area contributed by atoms with Gasteiger partial charge in [-0.1, -0.05) is 0 Å². The van der Waals surface area contributed by atoms with Crippen LogP contribution in [0, 0.1) is 0 Å². The number of carbonyl (C=O) groups excluding carboxylic acids is 2. The molecular formula is C11H11NO2Se. The number of carbonyl (C=O) groups is 2. The van der Waals surface area contributed by atoms with Crippen molar-refractivity contribution >= 4 is 30.0 Å². The van der Waals surface area contributed by atoms with Crippen LogP contribution in [-0.4, -0.2) is 31.6 Å². The first-order valence-electron chi connectivity index (χ1n) is 4.82. The fraction of sp³-hybridized carbons (Fsp3) is 0.273. The van der Waals surface area contributed by atoms with Gasteiger partial charge in [-0.15, -0.1) is 0 Å². The molecule has 2 rings (SSSR count). The van der Waals surface area contributed by atoms with E-state index in [4.69, 9.17) is 0 Å². The molecule has 1 aliphatic heterocycles. The summed E-state index contributed by atoms with van der Waals surface area (Å²) in [5, 5.41) is 2.70. The maximum absolute atomic E-state index is 11.8. The SMILES string of the molecule is O=C1CC[C@@H](C(=O)[Se]c2ccccc2)N1. The van der Waals surface area contributed by atoms with Crippen LogP contribution in [0.5, 0.6) is 0 Å². The summed E-state index contributed by atoms with van der Waals surface area (Å²) in [5.74, 6) is -0.00258. The molecule has 0 unspecified atom stereocenters. The molecule has 0 saturated carbocycles. The van der Waals surface area contributed by atoms with Crippen molar-refractivity contribution < 1.29 is 9.59 Å². The van der Waals surface area contributed by atoms with Gasteiger partial charge in [-0.2, -0.15) is 0 Å². The van der Waals surface area contributed by atoms with E-state index in [1.54, 1.807) is 0 Å². The van der Waals surface area contributed by atoms with Crippen molar-refractivity contribution in [2.75, 3.05) is 0 Å². The molecule has 1 saturated heterocycles. The summed E-state index contributed by atoms with van der Waals surface area (Å²) >= 11 is -0.177. The second-order valence-electron chi connectivity index (χ2n) is 3.39. The van der Waals surface area contributed by atoms with Gasteiger partial charge in [0.15, 0.2) is 0 Å². The van der Waals surface area contributed by atoms with E-state index < -0.39 is 0 Å². The molecule has 0 spiro atoms. The third kappa shape index (κ3) is 2.67. The van der Waals surface area contributed by atoms with Gasteiger partial charge in [0, 0.05) is 0 Å². The summed E-state index contributed by atoms with van der Waals surface area (Å²) in [6.45, 7) is 0. The fourth-order valence-corrected chi connectivity index (χ4v) is 3.24. The van der Waals surface area contributed by atoms with Crippen molar-refractivity contribution in [3.05, 3.63) is 30.3 Å². The van der Waals surface area contributed by atoms with E-state index in [2.05, 4.69) is 5.32 Å². The van der Waals surface area contributed by atoms with Gasteiger partial charge in [0.2, 0.25) is 0 Å². The average molecular weight is 268 g/mol. The number of benzene rings is 1. The monoisotopic (exact) mass is 269 g/mol. The average Bonchev–Trinajstić information content (AvgIpc) is 2.66. The zero-order chi connectivity index (χ0) is 10.7. The van der Waals surface area contributed by atoms with E-state index in [9.17, 15) is 9.59 Å². The van der Waals surface area contributed by atoms with E-state index in [-0.39, 0.29) is 31.6 Å². The van der Waals surface area contributed by atoms with Crippen molar-refractivity contribution in [2.24, 2.45) is 0 Å². The molecule has 0 aromatic heterocycles. The minimum absolute atomic E-state index is 0.00258. The zero-order valence-electron chi connectivity index (χ0n) is 8.10. The Bertz CT molecular complexity index is 377. The van der Waals surface area contributed by atoms with E-state index in [0.717, 1.165) is 4.46 Å². The Morgan fingerprint density at radius 3 is 2.67 bits per heavy atom. The molecule has 1 amide bonds. The van der Waals surface area contributed by atoms with Crippen LogP contribution in [-0.2, 0) is 9.59 Å². The molecule has 4 heteroatoms. The Morgan fingerprint density at radius 2 is 2.07 bits per heavy atom. The first kappa shape index (κ1) is 10.4. The first-order valence-corrected chi connectivity index (χ1v) is 6.53. The van der Waals surface area contributed by atoms with Crippen LogP contribution in [0.15, 0.2) is 30.3 Å². The van der Waals surface area contributed by atoms with Crippen LogP contribution in [0.2, 0.25) is 0 Å². The van der Waals surface area contributed by atoms with Gasteiger partial charge in [0.1, 0.15) is 0 Å². The molecule has 1 N–H and O–H groups in total. The predicted molar refractivity (Wildman–Crippen MR) is 58.0 cm³/mol. The Morgan fingerprint density at radius 1 is 1.33 bits per heavy atom. The maximum atomic E-state index is 11.8. The number of nitrogens with one attached hydrogen (secondary N) is 1. The summed E-state index contributed by atoms with van der Waals surface area (Å²) in [5.41, 5.74) is 0. The van der Waals surface area contributed by atoms with Gasteiger partial charge in [-0.3, -0.25) is 0 Å². The minimum atomic E-state index is -0.238. The summed E-state index contributed by atoms with van der Waals surface area (Å²) in [6, 6.07) is 9.46. The van der Waals surface area contributed by atoms with E-state index >= 15 is 0 Å². The van der Waals surface area contributed by atoms with Crippen molar-refractivity contribution in [3.63, 3.8) is 0 Å². The Balaban J connectivity index is 1.96.